The number of hydrogen-bond acceptors (Lipinski definition) is 2. The predicted molar refractivity (Wildman–Crippen MR) is 64.7 cm³/mol. The van der Waals surface area contributed by atoms with Gasteiger partial charge in [0.2, 0.25) is 0 Å². The molecule has 0 fully saturated rings. The van der Waals surface area contributed by atoms with E-state index in [9.17, 15) is 0 Å². The molecule has 0 aromatic carbocycles. The molecule has 1 atom stereocenters. The van der Waals surface area contributed by atoms with Crippen LogP contribution < -0.4 is 5.48 Å². The van der Waals surface area contributed by atoms with Crippen molar-refractivity contribution >= 4 is 0 Å². The van der Waals surface area contributed by atoms with Gasteiger partial charge in [-0.15, -0.1) is 18.4 Å². The summed E-state index contributed by atoms with van der Waals surface area (Å²) in [4.78, 5) is 0. The van der Waals surface area contributed by atoms with Gasteiger partial charge in [0.25, 0.3) is 0 Å². The molecule has 0 bridgehead atoms. The van der Waals surface area contributed by atoms with Gasteiger partial charge >= 0.3 is 0 Å². The molecule has 2 nitrogen and oxygen atoms in total. The van der Waals surface area contributed by atoms with Crippen molar-refractivity contribution in [3.63, 3.8) is 0 Å². The Labute approximate surface area is 93.7 Å². The molecule has 0 aliphatic carbocycles. The van der Waals surface area contributed by atoms with Crippen LogP contribution in [-0.2, 0) is 0 Å². The summed E-state index contributed by atoms with van der Waals surface area (Å²) in [5, 5.41) is 8.80. The first kappa shape index (κ1) is 14.2. The summed E-state index contributed by atoms with van der Waals surface area (Å²) in [5.41, 5.74) is 2.29. The van der Waals surface area contributed by atoms with Crippen LogP contribution in [-0.4, -0.2) is 11.2 Å². The minimum atomic E-state index is 0.139. The van der Waals surface area contributed by atoms with Crippen molar-refractivity contribution in [3.8, 4) is 11.8 Å². The lowest BCUT2D eigenvalue weighted by molar-refractivity contribution is 0.121. The number of unbranched alkanes of at least 4 members (excludes halogenated alkanes) is 3. The topological polar surface area (TPSA) is 32.3 Å². The summed E-state index contributed by atoms with van der Waals surface area (Å²) < 4.78 is 0. The van der Waals surface area contributed by atoms with E-state index >= 15 is 0 Å². The highest BCUT2D eigenvalue weighted by molar-refractivity contribution is 4.98. The van der Waals surface area contributed by atoms with Crippen LogP contribution in [0, 0.1) is 11.8 Å². The molecule has 15 heavy (non-hydrogen) atoms. The summed E-state index contributed by atoms with van der Waals surface area (Å²) >= 11 is 0. The molecule has 0 spiro atoms. The summed E-state index contributed by atoms with van der Waals surface area (Å²) in [7, 11) is 0. The minimum absolute atomic E-state index is 0.139. The van der Waals surface area contributed by atoms with Crippen molar-refractivity contribution in [3.05, 3.63) is 12.7 Å². The van der Waals surface area contributed by atoms with Crippen molar-refractivity contribution in [1.82, 2.24) is 5.48 Å². The molecule has 1 unspecified atom stereocenters. The molecule has 2 heteroatoms. The third-order valence-electron chi connectivity index (χ3n) is 2.27. The Morgan fingerprint density at radius 2 is 2.00 bits per heavy atom. The van der Waals surface area contributed by atoms with Gasteiger partial charge in [-0.25, -0.2) is 5.48 Å². The molecule has 0 heterocycles. The monoisotopic (exact) mass is 209 g/mol. The van der Waals surface area contributed by atoms with Gasteiger partial charge < -0.3 is 5.21 Å². The van der Waals surface area contributed by atoms with Gasteiger partial charge in [0.15, 0.2) is 0 Å². The van der Waals surface area contributed by atoms with Gasteiger partial charge in [-0.2, -0.15) is 0 Å². The van der Waals surface area contributed by atoms with Gasteiger partial charge in [-0.05, 0) is 25.7 Å². The highest BCUT2D eigenvalue weighted by Gasteiger charge is 2.02. The van der Waals surface area contributed by atoms with Crippen molar-refractivity contribution in [2.45, 2.75) is 57.9 Å². The normalized spacial score (nSPS) is 11.6. The molecule has 0 saturated heterocycles. The van der Waals surface area contributed by atoms with Gasteiger partial charge in [0.05, 0.1) is 0 Å². The fraction of sp³-hybridized carbons (Fsp3) is 0.692. The standard InChI is InChI=1S/C13H23NO/c1-3-5-6-7-8-9-10-12-13(14-15)11-4-2/h4,13-15H,2-3,5-6,9-12H2,1H3. The summed E-state index contributed by atoms with van der Waals surface area (Å²) in [6.45, 7) is 5.82. The Balaban J connectivity index is 3.41. The quantitative estimate of drug-likeness (QED) is 0.278. The molecule has 86 valence electrons. The highest BCUT2D eigenvalue weighted by Crippen LogP contribution is 2.04. The van der Waals surface area contributed by atoms with Gasteiger partial charge in [0, 0.05) is 18.9 Å². The fourth-order valence-corrected chi connectivity index (χ4v) is 1.32. The predicted octanol–water partition coefficient (Wildman–Crippen LogP) is 3.27. The number of nitrogens with one attached hydrogen (secondary N) is 1. The maximum atomic E-state index is 8.80. The summed E-state index contributed by atoms with van der Waals surface area (Å²) in [5.74, 6) is 6.31. The van der Waals surface area contributed by atoms with E-state index in [1.54, 1.807) is 0 Å². The van der Waals surface area contributed by atoms with Crippen molar-refractivity contribution in [1.29, 1.82) is 0 Å². The molecule has 0 aromatic heterocycles. The number of hydrogen-bond donors (Lipinski definition) is 2. The van der Waals surface area contributed by atoms with Crippen molar-refractivity contribution in [2.24, 2.45) is 0 Å². The molecule has 0 rings (SSSR count). The van der Waals surface area contributed by atoms with Crippen LogP contribution in [0.2, 0.25) is 0 Å². The van der Waals surface area contributed by atoms with Gasteiger partial charge in [0.1, 0.15) is 0 Å². The molecular formula is C13H23NO. The van der Waals surface area contributed by atoms with Gasteiger partial charge in [-0.3, -0.25) is 0 Å². The Morgan fingerprint density at radius 3 is 2.53 bits per heavy atom. The van der Waals surface area contributed by atoms with Crippen LogP contribution >= 0.6 is 0 Å². The van der Waals surface area contributed by atoms with E-state index < -0.39 is 0 Å². The zero-order chi connectivity index (χ0) is 11.4. The maximum Gasteiger partial charge on any atom is 0.0354 e. The van der Waals surface area contributed by atoms with Crippen LogP contribution in [0.4, 0.5) is 0 Å². The first-order chi connectivity index (χ1) is 7.35. The van der Waals surface area contributed by atoms with Crippen molar-refractivity contribution < 1.29 is 5.21 Å². The Kier molecular flexibility index (Phi) is 10.7. The average Bonchev–Trinajstić information content (AvgIpc) is 2.26. The van der Waals surface area contributed by atoms with E-state index in [2.05, 4.69) is 30.8 Å². The maximum absolute atomic E-state index is 8.80. The Bertz CT molecular complexity index is 202. The van der Waals surface area contributed by atoms with Crippen LogP contribution in [0.25, 0.3) is 0 Å². The molecular weight excluding hydrogens is 186 g/mol. The molecule has 0 radical (unpaired) electrons. The van der Waals surface area contributed by atoms with E-state index in [4.69, 9.17) is 5.21 Å². The van der Waals surface area contributed by atoms with E-state index in [-0.39, 0.29) is 6.04 Å². The van der Waals surface area contributed by atoms with E-state index in [0.717, 1.165) is 32.1 Å². The molecule has 0 saturated carbocycles. The molecule has 0 aliphatic heterocycles. The van der Waals surface area contributed by atoms with E-state index in [1.165, 1.54) is 12.8 Å². The van der Waals surface area contributed by atoms with Crippen LogP contribution in [0.3, 0.4) is 0 Å². The fourth-order valence-electron chi connectivity index (χ4n) is 1.32. The highest BCUT2D eigenvalue weighted by atomic mass is 16.5. The third kappa shape index (κ3) is 9.52. The smallest absolute Gasteiger partial charge is 0.0354 e. The first-order valence-electron chi connectivity index (χ1n) is 5.81. The van der Waals surface area contributed by atoms with Crippen LogP contribution in [0.15, 0.2) is 12.7 Å². The van der Waals surface area contributed by atoms with Gasteiger partial charge in [-0.1, -0.05) is 19.4 Å². The summed E-state index contributed by atoms with van der Waals surface area (Å²) in [6, 6.07) is 0.139. The molecule has 0 aromatic rings. The molecule has 0 amide bonds. The molecule has 2 N–H and O–H groups in total. The lowest BCUT2D eigenvalue weighted by Gasteiger charge is -2.10. The largest absolute Gasteiger partial charge is 0.317 e. The van der Waals surface area contributed by atoms with Crippen molar-refractivity contribution in [2.75, 3.05) is 0 Å². The van der Waals surface area contributed by atoms with Crippen LogP contribution in [0.1, 0.15) is 51.9 Å². The van der Waals surface area contributed by atoms with Crippen LogP contribution in [0.5, 0.6) is 0 Å². The minimum Gasteiger partial charge on any atom is -0.317 e. The lowest BCUT2D eigenvalue weighted by atomic mass is 10.1. The van der Waals surface area contributed by atoms with E-state index in [0.29, 0.717) is 0 Å². The number of hydroxylamine groups is 1. The van der Waals surface area contributed by atoms with E-state index in [1.807, 2.05) is 6.08 Å². The Morgan fingerprint density at radius 1 is 1.33 bits per heavy atom. The second kappa shape index (κ2) is 11.3. The SMILES string of the molecule is C=CCC(CCCC#CCCCC)NO. The zero-order valence-electron chi connectivity index (χ0n) is 9.76. The zero-order valence-corrected chi connectivity index (χ0v) is 9.76. The second-order valence-electron chi connectivity index (χ2n) is 3.70. The summed E-state index contributed by atoms with van der Waals surface area (Å²) in [6.07, 6.45) is 8.97. The second-order valence-corrected chi connectivity index (χ2v) is 3.70. The lowest BCUT2D eigenvalue weighted by Crippen LogP contribution is -2.24. The number of rotatable bonds is 8. The first-order valence-corrected chi connectivity index (χ1v) is 5.81. The molecule has 0 aliphatic rings. The Hall–Kier alpha value is -0.780. The average molecular weight is 209 g/mol. The third-order valence-corrected chi connectivity index (χ3v) is 2.27.